The highest BCUT2D eigenvalue weighted by molar-refractivity contribution is 5.48. The molecule has 2 fully saturated rings. The van der Waals surface area contributed by atoms with Crippen LogP contribution < -0.4 is 0 Å². The summed E-state index contributed by atoms with van der Waals surface area (Å²) in [6.45, 7) is 5.84. The van der Waals surface area contributed by atoms with Crippen molar-refractivity contribution in [3.63, 3.8) is 0 Å². The van der Waals surface area contributed by atoms with Gasteiger partial charge in [0.2, 0.25) is 5.76 Å². The Labute approximate surface area is 129 Å². The number of aromatic nitrogens is 4. The third kappa shape index (κ3) is 2.67. The van der Waals surface area contributed by atoms with Crippen LogP contribution in [0, 0.1) is 5.92 Å². The molecule has 0 spiro atoms. The Morgan fingerprint density at radius 2 is 2.18 bits per heavy atom. The van der Waals surface area contributed by atoms with Gasteiger partial charge in [0.15, 0.2) is 11.6 Å². The molecule has 2 aliphatic rings. The molecule has 1 aliphatic carbocycles. The fraction of sp³-hybridized carbons (Fsp3) is 0.688. The fourth-order valence-electron chi connectivity index (χ4n) is 2.92. The molecule has 22 heavy (non-hydrogen) atoms. The Kier molecular flexibility index (Phi) is 3.48. The maximum atomic E-state index is 5.56. The number of rotatable bonds is 5. The van der Waals surface area contributed by atoms with E-state index in [-0.39, 0.29) is 6.04 Å². The molecule has 2 aromatic heterocycles. The molecular formula is C16H22N4O2. The van der Waals surface area contributed by atoms with Gasteiger partial charge in [-0.3, -0.25) is 0 Å². The molecule has 0 radical (unpaired) electrons. The minimum absolute atomic E-state index is 0.248. The molecule has 6 nitrogen and oxygen atoms in total. The van der Waals surface area contributed by atoms with Crippen molar-refractivity contribution in [2.75, 3.05) is 13.2 Å². The van der Waals surface area contributed by atoms with Crippen LogP contribution in [0.1, 0.15) is 56.6 Å². The van der Waals surface area contributed by atoms with Gasteiger partial charge in [0, 0.05) is 25.0 Å². The highest BCUT2D eigenvalue weighted by Gasteiger charge is 2.30. The third-order valence-electron chi connectivity index (χ3n) is 4.26. The van der Waals surface area contributed by atoms with Gasteiger partial charge in [-0.2, -0.15) is 5.10 Å². The predicted octanol–water partition coefficient (Wildman–Crippen LogP) is 2.97. The van der Waals surface area contributed by atoms with E-state index in [1.54, 1.807) is 0 Å². The minimum Gasteiger partial charge on any atom is -0.379 e. The average Bonchev–Trinajstić information content (AvgIpc) is 2.95. The topological polar surface area (TPSA) is 66.0 Å². The zero-order valence-corrected chi connectivity index (χ0v) is 13.2. The van der Waals surface area contributed by atoms with Crippen LogP contribution in [0.25, 0.3) is 11.6 Å². The van der Waals surface area contributed by atoms with Crippen molar-refractivity contribution >= 4 is 0 Å². The Morgan fingerprint density at radius 3 is 2.86 bits per heavy atom. The Balaban J connectivity index is 1.69. The first kappa shape index (κ1) is 13.9. The molecule has 1 unspecified atom stereocenters. The normalized spacial score (nSPS) is 21.9. The van der Waals surface area contributed by atoms with Crippen molar-refractivity contribution in [2.45, 2.75) is 51.5 Å². The lowest BCUT2D eigenvalue weighted by atomic mass is 10.1. The van der Waals surface area contributed by atoms with Gasteiger partial charge in [0.1, 0.15) is 0 Å². The summed E-state index contributed by atoms with van der Waals surface area (Å²) in [5, 5.41) is 8.92. The second-order valence-electron chi connectivity index (χ2n) is 6.80. The second kappa shape index (κ2) is 5.50. The molecule has 0 aromatic carbocycles. The van der Waals surface area contributed by atoms with Crippen molar-refractivity contribution < 1.29 is 9.26 Å². The molecule has 1 saturated carbocycles. The van der Waals surface area contributed by atoms with Crippen molar-refractivity contribution in [1.82, 2.24) is 19.9 Å². The maximum Gasteiger partial charge on any atom is 0.204 e. The van der Waals surface area contributed by atoms with Gasteiger partial charge in [-0.25, -0.2) is 9.67 Å². The molecule has 4 rings (SSSR count). The predicted molar refractivity (Wildman–Crippen MR) is 80.5 cm³/mol. The zero-order chi connectivity index (χ0) is 15.1. The SMILES string of the molecule is CC(C)Cc1nc(-c2cc(C3CC3)no2)n(C2CCOC2)n1. The van der Waals surface area contributed by atoms with E-state index < -0.39 is 0 Å². The summed E-state index contributed by atoms with van der Waals surface area (Å²) in [5.74, 6) is 3.52. The van der Waals surface area contributed by atoms with Crippen LogP contribution in [0.15, 0.2) is 10.6 Å². The summed E-state index contributed by atoms with van der Waals surface area (Å²) in [6.07, 6.45) is 4.28. The largest absolute Gasteiger partial charge is 0.379 e. The van der Waals surface area contributed by atoms with Crippen LogP contribution in [-0.4, -0.2) is 33.1 Å². The van der Waals surface area contributed by atoms with Crippen molar-refractivity contribution in [3.05, 3.63) is 17.6 Å². The number of nitrogens with zero attached hydrogens (tertiary/aromatic N) is 4. The van der Waals surface area contributed by atoms with E-state index in [4.69, 9.17) is 19.3 Å². The maximum absolute atomic E-state index is 5.56. The first-order valence-electron chi connectivity index (χ1n) is 8.21. The van der Waals surface area contributed by atoms with Crippen molar-refractivity contribution in [3.8, 4) is 11.6 Å². The van der Waals surface area contributed by atoms with Crippen LogP contribution in [-0.2, 0) is 11.2 Å². The van der Waals surface area contributed by atoms with Gasteiger partial charge in [-0.05, 0) is 25.2 Å². The lowest BCUT2D eigenvalue weighted by molar-refractivity contribution is 0.184. The van der Waals surface area contributed by atoms with Gasteiger partial charge >= 0.3 is 0 Å². The second-order valence-corrected chi connectivity index (χ2v) is 6.80. The molecule has 3 heterocycles. The summed E-state index contributed by atoms with van der Waals surface area (Å²) in [4.78, 5) is 4.72. The van der Waals surface area contributed by atoms with E-state index in [1.165, 1.54) is 12.8 Å². The van der Waals surface area contributed by atoms with E-state index in [0.29, 0.717) is 18.4 Å². The highest BCUT2D eigenvalue weighted by atomic mass is 16.5. The molecule has 2 aromatic rings. The molecule has 118 valence electrons. The van der Waals surface area contributed by atoms with Crippen LogP contribution >= 0.6 is 0 Å². The molecular weight excluding hydrogens is 280 g/mol. The Morgan fingerprint density at radius 1 is 1.32 bits per heavy atom. The van der Waals surface area contributed by atoms with Crippen LogP contribution in [0.5, 0.6) is 0 Å². The van der Waals surface area contributed by atoms with E-state index in [2.05, 4.69) is 19.0 Å². The summed E-state index contributed by atoms with van der Waals surface area (Å²) in [7, 11) is 0. The van der Waals surface area contributed by atoms with E-state index in [9.17, 15) is 0 Å². The highest BCUT2D eigenvalue weighted by Crippen LogP contribution is 2.40. The summed E-state index contributed by atoms with van der Waals surface area (Å²) < 4.78 is 13.1. The first-order valence-corrected chi connectivity index (χ1v) is 8.21. The quantitative estimate of drug-likeness (QED) is 0.849. The number of hydrogen-bond acceptors (Lipinski definition) is 5. The smallest absolute Gasteiger partial charge is 0.204 e. The van der Waals surface area contributed by atoms with Gasteiger partial charge < -0.3 is 9.26 Å². The molecule has 1 atom stereocenters. The van der Waals surface area contributed by atoms with Gasteiger partial charge in [0.25, 0.3) is 0 Å². The third-order valence-corrected chi connectivity index (χ3v) is 4.26. The van der Waals surface area contributed by atoms with Crippen LogP contribution in [0.4, 0.5) is 0 Å². The lowest BCUT2D eigenvalue weighted by Gasteiger charge is -2.09. The van der Waals surface area contributed by atoms with E-state index >= 15 is 0 Å². The van der Waals surface area contributed by atoms with Gasteiger partial charge in [-0.15, -0.1) is 0 Å². The zero-order valence-electron chi connectivity index (χ0n) is 13.2. The molecule has 1 saturated heterocycles. The minimum atomic E-state index is 0.248. The molecule has 1 aliphatic heterocycles. The summed E-state index contributed by atoms with van der Waals surface area (Å²) in [6, 6.07) is 2.28. The Bertz CT molecular complexity index is 651. The van der Waals surface area contributed by atoms with Gasteiger partial charge in [-0.1, -0.05) is 19.0 Å². The standard InChI is InChI=1S/C16H22N4O2/c1-10(2)7-15-17-16(20(18-15)12-5-6-21-9-12)14-8-13(19-22-14)11-3-4-11/h8,10-12H,3-7,9H2,1-2H3. The number of ether oxygens (including phenoxy) is 1. The average molecular weight is 302 g/mol. The van der Waals surface area contributed by atoms with Crippen LogP contribution in [0.3, 0.4) is 0 Å². The van der Waals surface area contributed by atoms with E-state index in [0.717, 1.165) is 42.6 Å². The fourth-order valence-corrected chi connectivity index (χ4v) is 2.92. The molecule has 0 bridgehead atoms. The van der Waals surface area contributed by atoms with Gasteiger partial charge in [0.05, 0.1) is 18.3 Å². The van der Waals surface area contributed by atoms with Crippen LogP contribution in [0.2, 0.25) is 0 Å². The van der Waals surface area contributed by atoms with Crippen molar-refractivity contribution in [1.29, 1.82) is 0 Å². The molecule has 0 amide bonds. The molecule has 0 N–H and O–H groups in total. The number of hydrogen-bond donors (Lipinski definition) is 0. The first-order chi connectivity index (χ1) is 10.7. The summed E-state index contributed by atoms with van der Waals surface area (Å²) in [5.41, 5.74) is 1.05. The van der Waals surface area contributed by atoms with Crippen molar-refractivity contribution in [2.24, 2.45) is 5.92 Å². The lowest BCUT2D eigenvalue weighted by Crippen LogP contribution is -2.12. The monoisotopic (exact) mass is 302 g/mol. The summed E-state index contributed by atoms with van der Waals surface area (Å²) >= 11 is 0. The Hall–Kier alpha value is -1.69. The molecule has 6 heteroatoms. The van der Waals surface area contributed by atoms with E-state index in [1.807, 2.05) is 10.7 Å².